The number of fused-ring (bicyclic) bond motifs is 1. The predicted octanol–water partition coefficient (Wildman–Crippen LogP) is 3.74. The van der Waals surface area contributed by atoms with Gasteiger partial charge in [0.25, 0.3) is 5.91 Å². The standard InChI is InChI=1S/C20H16N2O4/c23-19-16-5-1-2-6-17(16)21-18(22(19)12-15-4-3-11-26-15)13-7-9-14(10-8-13)20(24)25/h1-11,18,21H,12H2,(H,24,25)/t18-/m0/s1. The van der Waals surface area contributed by atoms with Crippen LogP contribution in [0.25, 0.3) is 0 Å². The Bertz CT molecular complexity index is 948. The van der Waals surface area contributed by atoms with Crippen molar-refractivity contribution < 1.29 is 19.1 Å². The van der Waals surface area contributed by atoms with E-state index < -0.39 is 12.1 Å². The molecule has 0 saturated heterocycles. The molecular weight excluding hydrogens is 332 g/mol. The van der Waals surface area contributed by atoms with Crippen molar-refractivity contribution >= 4 is 17.6 Å². The fourth-order valence-corrected chi connectivity index (χ4v) is 3.10. The molecule has 1 aromatic heterocycles. The molecule has 0 aliphatic carbocycles. The molecule has 1 atom stereocenters. The van der Waals surface area contributed by atoms with Crippen LogP contribution in [0.1, 0.15) is 38.2 Å². The van der Waals surface area contributed by atoms with Crippen LogP contribution in [0, 0.1) is 0 Å². The third-order valence-electron chi connectivity index (χ3n) is 4.40. The SMILES string of the molecule is O=C(O)c1ccc([C@H]2Nc3ccccc3C(=O)N2Cc2ccco2)cc1. The molecule has 0 bridgehead atoms. The molecule has 130 valence electrons. The molecule has 6 nitrogen and oxygen atoms in total. The molecular formula is C20H16N2O4. The van der Waals surface area contributed by atoms with E-state index in [1.54, 1.807) is 35.4 Å². The summed E-state index contributed by atoms with van der Waals surface area (Å²) in [6.07, 6.45) is 1.15. The molecule has 1 aliphatic rings. The molecule has 0 unspecified atom stereocenters. The lowest BCUT2D eigenvalue weighted by Gasteiger charge is -2.37. The maximum absolute atomic E-state index is 13.1. The first-order chi connectivity index (χ1) is 12.6. The van der Waals surface area contributed by atoms with Crippen molar-refractivity contribution in [1.82, 2.24) is 4.90 Å². The van der Waals surface area contributed by atoms with Gasteiger partial charge < -0.3 is 19.7 Å². The monoisotopic (exact) mass is 348 g/mol. The highest BCUT2D eigenvalue weighted by atomic mass is 16.4. The lowest BCUT2D eigenvalue weighted by atomic mass is 10.0. The van der Waals surface area contributed by atoms with Crippen molar-refractivity contribution in [1.29, 1.82) is 0 Å². The number of carboxylic acids is 1. The van der Waals surface area contributed by atoms with E-state index in [0.717, 1.165) is 11.3 Å². The van der Waals surface area contributed by atoms with Crippen LogP contribution in [0.15, 0.2) is 71.3 Å². The Morgan fingerprint density at radius 1 is 1.08 bits per heavy atom. The summed E-state index contributed by atoms with van der Waals surface area (Å²) >= 11 is 0. The highest BCUT2D eigenvalue weighted by molar-refractivity contribution is 6.01. The summed E-state index contributed by atoms with van der Waals surface area (Å²) in [7, 11) is 0. The summed E-state index contributed by atoms with van der Waals surface area (Å²) in [5.41, 5.74) is 2.34. The second kappa shape index (κ2) is 6.40. The van der Waals surface area contributed by atoms with Gasteiger partial charge in [0.1, 0.15) is 11.9 Å². The number of anilines is 1. The Morgan fingerprint density at radius 3 is 2.54 bits per heavy atom. The Morgan fingerprint density at radius 2 is 1.85 bits per heavy atom. The highest BCUT2D eigenvalue weighted by Crippen LogP contribution is 2.34. The summed E-state index contributed by atoms with van der Waals surface area (Å²) in [6.45, 7) is 0.304. The van der Waals surface area contributed by atoms with Crippen molar-refractivity contribution in [2.45, 2.75) is 12.7 Å². The molecule has 0 fully saturated rings. The van der Waals surface area contributed by atoms with E-state index in [1.807, 2.05) is 24.3 Å². The predicted molar refractivity (Wildman–Crippen MR) is 94.8 cm³/mol. The molecule has 1 aliphatic heterocycles. The molecule has 2 aromatic carbocycles. The van der Waals surface area contributed by atoms with E-state index in [-0.39, 0.29) is 11.5 Å². The number of benzene rings is 2. The molecule has 0 radical (unpaired) electrons. The van der Waals surface area contributed by atoms with Crippen LogP contribution in [0.5, 0.6) is 0 Å². The minimum absolute atomic E-state index is 0.108. The van der Waals surface area contributed by atoms with Crippen LogP contribution in [0.4, 0.5) is 5.69 Å². The zero-order chi connectivity index (χ0) is 18.1. The average Bonchev–Trinajstić information content (AvgIpc) is 3.17. The summed E-state index contributed by atoms with van der Waals surface area (Å²) in [5.74, 6) is -0.420. The molecule has 2 heterocycles. The fraction of sp³-hybridized carbons (Fsp3) is 0.100. The van der Waals surface area contributed by atoms with Crippen molar-refractivity contribution in [2.24, 2.45) is 0 Å². The van der Waals surface area contributed by atoms with Gasteiger partial charge in [-0.25, -0.2) is 4.79 Å². The first-order valence-corrected chi connectivity index (χ1v) is 8.15. The zero-order valence-corrected chi connectivity index (χ0v) is 13.8. The number of furan rings is 1. The number of carbonyl (C=O) groups is 2. The van der Waals surface area contributed by atoms with E-state index in [0.29, 0.717) is 17.9 Å². The first-order valence-electron chi connectivity index (χ1n) is 8.15. The third-order valence-corrected chi connectivity index (χ3v) is 4.40. The van der Waals surface area contributed by atoms with Crippen LogP contribution in [-0.2, 0) is 6.54 Å². The molecule has 0 spiro atoms. The number of para-hydroxylation sites is 1. The molecule has 1 amide bonds. The van der Waals surface area contributed by atoms with Gasteiger partial charge in [-0.2, -0.15) is 0 Å². The largest absolute Gasteiger partial charge is 0.478 e. The number of hydrogen-bond acceptors (Lipinski definition) is 4. The van der Waals surface area contributed by atoms with Crippen molar-refractivity contribution in [2.75, 3.05) is 5.32 Å². The average molecular weight is 348 g/mol. The molecule has 2 N–H and O–H groups in total. The van der Waals surface area contributed by atoms with E-state index in [2.05, 4.69) is 5.32 Å². The quantitative estimate of drug-likeness (QED) is 0.750. The number of aromatic carboxylic acids is 1. The number of nitrogens with one attached hydrogen (secondary N) is 1. The summed E-state index contributed by atoms with van der Waals surface area (Å²) in [4.78, 5) is 25.8. The van der Waals surface area contributed by atoms with E-state index in [9.17, 15) is 9.59 Å². The molecule has 3 aromatic rings. The normalized spacial score (nSPS) is 16.1. The number of nitrogens with zero attached hydrogens (tertiary/aromatic N) is 1. The topological polar surface area (TPSA) is 82.8 Å². The van der Waals surface area contributed by atoms with Crippen molar-refractivity contribution in [3.8, 4) is 0 Å². The Hall–Kier alpha value is -3.54. The van der Waals surface area contributed by atoms with Crippen LogP contribution in [0.3, 0.4) is 0 Å². The molecule has 4 rings (SSSR count). The second-order valence-electron chi connectivity index (χ2n) is 6.03. The number of carboxylic acid groups (broad SMARTS) is 1. The lowest BCUT2D eigenvalue weighted by Crippen LogP contribution is -2.42. The molecule has 26 heavy (non-hydrogen) atoms. The van der Waals surface area contributed by atoms with Crippen LogP contribution in [-0.4, -0.2) is 21.9 Å². The minimum atomic E-state index is -0.984. The van der Waals surface area contributed by atoms with Gasteiger partial charge >= 0.3 is 5.97 Å². The number of hydrogen-bond donors (Lipinski definition) is 2. The molecule has 6 heteroatoms. The van der Waals surface area contributed by atoms with E-state index in [1.165, 1.54) is 12.1 Å². The summed E-state index contributed by atoms with van der Waals surface area (Å²) in [6, 6.07) is 17.4. The zero-order valence-electron chi connectivity index (χ0n) is 13.8. The van der Waals surface area contributed by atoms with Gasteiger partial charge in [-0.15, -0.1) is 0 Å². The van der Waals surface area contributed by atoms with Crippen LogP contribution < -0.4 is 5.32 Å². The fourth-order valence-electron chi connectivity index (χ4n) is 3.10. The van der Waals surface area contributed by atoms with E-state index in [4.69, 9.17) is 9.52 Å². The lowest BCUT2D eigenvalue weighted by molar-refractivity contribution is 0.0648. The van der Waals surface area contributed by atoms with Gasteiger partial charge in [0.2, 0.25) is 0 Å². The first kappa shape index (κ1) is 16.0. The van der Waals surface area contributed by atoms with Crippen molar-refractivity contribution in [3.63, 3.8) is 0 Å². The Kier molecular flexibility index (Phi) is 3.93. The highest BCUT2D eigenvalue weighted by Gasteiger charge is 2.33. The summed E-state index contributed by atoms with van der Waals surface area (Å²) in [5, 5.41) is 12.5. The van der Waals surface area contributed by atoms with E-state index >= 15 is 0 Å². The van der Waals surface area contributed by atoms with Crippen LogP contribution in [0.2, 0.25) is 0 Å². The summed E-state index contributed by atoms with van der Waals surface area (Å²) < 4.78 is 5.41. The number of carbonyl (C=O) groups excluding carboxylic acids is 1. The number of rotatable bonds is 4. The maximum atomic E-state index is 13.1. The van der Waals surface area contributed by atoms with Crippen LogP contribution >= 0.6 is 0 Å². The van der Waals surface area contributed by atoms with Gasteiger partial charge in [0.05, 0.1) is 23.9 Å². The smallest absolute Gasteiger partial charge is 0.335 e. The second-order valence-corrected chi connectivity index (χ2v) is 6.03. The maximum Gasteiger partial charge on any atom is 0.335 e. The van der Waals surface area contributed by atoms with Gasteiger partial charge in [-0.1, -0.05) is 24.3 Å². The Labute approximate surface area is 149 Å². The van der Waals surface area contributed by atoms with Gasteiger partial charge in [0.15, 0.2) is 0 Å². The molecule has 0 saturated carbocycles. The third kappa shape index (κ3) is 2.82. The minimum Gasteiger partial charge on any atom is -0.478 e. The van der Waals surface area contributed by atoms with Gasteiger partial charge in [0, 0.05) is 5.69 Å². The van der Waals surface area contributed by atoms with Gasteiger partial charge in [-0.3, -0.25) is 4.79 Å². The number of amides is 1. The van der Waals surface area contributed by atoms with Gasteiger partial charge in [-0.05, 0) is 42.0 Å². The van der Waals surface area contributed by atoms with Crippen molar-refractivity contribution in [3.05, 3.63) is 89.4 Å². The Balaban J connectivity index is 1.74.